The molecule has 1 unspecified atom stereocenters. The van der Waals surface area contributed by atoms with Crippen LogP contribution < -0.4 is 0 Å². The summed E-state index contributed by atoms with van der Waals surface area (Å²) in [5.74, 6) is 0.0419. The second kappa shape index (κ2) is 7.48. The first-order valence-electron chi connectivity index (χ1n) is 8.56. The minimum atomic E-state index is -0.414. The number of aromatic nitrogens is 3. The van der Waals surface area contributed by atoms with E-state index >= 15 is 0 Å². The molecule has 1 aliphatic heterocycles. The molecule has 0 radical (unpaired) electrons. The molecule has 4 rings (SSSR count). The Labute approximate surface area is 156 Å². The molecule has 0 bridgehead atoms. The van der Waals surface area contributed by atoms with Gasteiger partial charge in [0.2, 0.25) is 0 Å². The number of likely N-dealkylation sites (tertiary alicyclic amines) is 1. The van der Waals surface area contributed by atoms with Gasteiger partial charge >= 0.3 is 0 Å². The van der Waals surface area contributed by atoms with E-state index in [4.69, 9.17) is 11.6 Å². The molecule has 1 aliphatic rings. The van der Waals surface area contributed by atoms with Gasteiger partial charge in [0.1, 0.15) is 12.1 Å². The fourth-order valence-electron chi connectivity index (χ4n) is 3.43. The summed E-state index contributed by atoms with van der Waals surface area (Å²) in [6, 6.07) is 8.87. The average Bonchev–Trinajstić information content (AvgIpc) is 3.13. The lowest BCUT2D eigenvalue weighted by Crippen LogP contribution is -2.20. The van der Waals surface area contributed by atoms with Crippen LogP contribution in [0.3, 0.4) is 0 Å². The maximum atomic E-state index is 13.4. The van der Waals surface area contributed by atoms with Crippen LogP contribution in [0.4, 0.5) is 4.39 Å². The van der Waals surface area contributed by atoms with Crippen LogP contribution in [0.5, 0.6) is 0 Å². The standard InChI is InChI=1S/C20H18ClFN4/c21-18-7-16(1-2-19(18)22)20-8-15(3-5-25-20)17-4-6-26(12-17)11-14-9-23-13-24-10-14/h1-3,5,7-10,13,17H,4,6,11-12H2. The van der Waals surface area contributed by atoms with E-state index in [-0.39, 0.29) is 5.02 Å². The molecule has 26 heavy (non-hydrogen) atoms. The van der Waals surface area contributed by atoms with Gasteiger partial charge in [-0.3, -0.25) is 9.88 Å². The molecule has 4 nitrogen and oxygen atoms in total. The smallest absolute Gasteiger partial charge is 0.141 e. The zero-order valence-electron chi connectivity index (χ0n) is 14.1. The highest BCUT2D eigenvalue weighted by atomic mass is 35.5. The van der Waals surface area contributed by atoms with Gasteiger partial charge < -0.3 is 0 Å². The number of hydrogen-bond donors (Lipinski definition) is 0. The van der Waals surface area contributed by atoms with E-state index < -0.39 is 5.82 Å². The summed E-state index contributed by atoms with van der Waals surface area (Å²) in [6.07, 6.45) is 8.19. The number of halogens is 2. The third kappa shape index (κ3) is 3.74. The fourth-order valence-corrected chi connectivity index (χ4v) is 3.61. The van der Waals surface area contributed by atoms with Gasteiger partial charge in [0, 0.05) is 42.8 Å². The highest BCUT2D eigenvalue weighted by Gasteiger charge is 2.24. The van der Waals surface area contributed by atoms with Crippen molar-refractivity contribution in [2.45, 2.75) is 18.9 Å². The van der Waals surface area contributed by atoms with Crippen LogP contribution in [0, 0.1) is 5.82 Å². The average molecular weight is 369 g/mol. The molecule has 0 amide bonds. The molecule has 0 spiro atoms. The van der Waals surface area contributed by atoms with Crippen molar-refractivity contribution < 1.29 is 4.39 Å². The quantitative estimate of drug-likeness (QED) is 0.687. The predicted octanol–water partition coefficient (Wildman–Crippen LogP) is 4.32. The number of nitrogens with zero attached hydrogens (tertiary/aromatic N) is 4. The van der Waals surface area contributed by atoms with Gasteiger partial charge in [-0.05, 0) is 54.8 Å². The number of benzene rings is 1. The SMILES string of the molecule is Fc1ccc(-c2cc(C3CCN(Cc4cncnc4)C3)ccn2)cc1Cl. The molecular formula is C20H18ClFN4. The zero-order chi connectivity index (χ0) is 17.9. The van der Waals surface area contributed by atoms with Crippen molar-refractivity contribution in [1.82, 2.24) is 19.9 Å². The third-order valence-corrected chi connectivity index (χ3v) is 5.05. The monoisotopic (exact) mass is 368 g/mol. The first kappa shape index (κ1) is 17.1. The first-order chi connectivity index (χ1) is 12.7. The minimum Gasteiger partial charge on any atom is -0.298 e. The van der Waals surface area contributed by atoms with Crippen molar-refractivity contribution in [3.05, 3.63) is 77.2 Å². The lowest BCUT2D eigenvalue weighted by atomic mass is 9.97. The summed E-state index contributed by atoms with van der Waals surface area (Å²) in [5, 5.41) is 0.117. The van der Waals surface area contributed by atoms with E-state index in [1.165, 1.54) is 11.6 Å². The molecule has 3 heterocycles. The van der Waals surface area contributed by atoms with E-state index in [2.05, 4.69) is 32.0 Å². The Morgan fingerprint density at radius 1 is 1.15 bits per heavy atom. The normalized spacial score (nSPS) is 17.5. The van der Waals surface area contributed by atoms with Gasteiger partial charge in [0.05, 0.1) is 10.7 Å². The Morgan fingerprint density at radius 3 is 2.81 bits per heavy atom. The number of rotatable bonds is 4. The Bertz CT molecular complexity index is 903. The largest absolute Gasteiger partial charge is 0.298 e. The second-order valence-electron chi connectivity index (χ2n) is 6.57. The molecule has 0 N–H and O–H groups in total. The molecule has 1 fully saturated rings. The van der Waals surface area contributed by atoms with Crippen LogP contribution in [0.2, 0.25) is 5.02 Å². The summed E-state index contributed by atoms with van der Waals surface area (Å²) >= 11 is 5.91. The molecule has 0 aliphatic carbocycles. The van der Waals surface area contributed by atoms with Crippen molar-refractivity contribution in [3.8, 4) is 11.3 Å². The lowest BCUT2D eigenvalue weighted by Gasteiger charge is -2.16. The Balaban J connectivity index is 1.49. The van der Waals surface area contributed by atoms with Gasteiger partial charge in [0.15, 0.2) is 0 Å². The molecule has 1 aromatic carbocycles. The van der Waals surface area contributed by atoms with Crippen molar-refractivity contribution in [2.24, 2.45) is 0 Å². The molecule has 0 saturated carbocycles. The lowest BCUT2D eigenvalue weighted by molar-refractivity contribution is 0.326. The number of hydrogen-bond acceptors (Lipinski definition) is 4. The van der Waals surface area contributed by atoms with Crippen LogP contribution in [0.15, 0.2) is 55.2 Å². The third-order valence-electron chi connectivity index (χ3n) is 4.76. The molecule has 132 valence electrons. The van der Waals surface area contributed by atoms with Gasteiger partial charge in [-0.15, -0.1) is 0 Å². The minimum absolute atomic E-state index is 0.117. The maximum Gasteiger partial charge on any atom is 0.141 e. The molecular weight excluding hydrogens is 351 g/mol. The van der Waals surface area contributed by atoms with E-state index in [0.29, 0.717) is 5.92 Å². The number of pyridine rings is 1. The second-order valence-corrected chi connectivity index (χ2v) is 6.98. The highest BCUT2D eigenvalue weighted by molar-refractivity contribution is 6.31. The van der Waals surface area contributed by atoms with Crippen LogP contribution >= 0.6 is 11.6 Å². The zero-order valence-corrected chi connectivity index (χ0v) is 14.9. The van der Waals surface area contributed by atoms with Gasteiger partial charge in [0.25, 0.3) is 0 Å². The molecule has 1 atom stereocenters. The van der Waals surface area contributed by atoms with Gasteiger partial charge in [-0.1, -0.05) is 11.6 Å². The van der Waals surface area contributed by atoms with Gasteiger partial charge in [-0.25, -0.2) is 14.4 Å². The molecule has 3 aromatic rings. The highest BCUT2D eigenvalue weighted by Crippen LogP contribution is 2.31. The summed E-state index contributed by atoms with van der Waals surface area (Å²) in [4.78, 5) is 15.0. The summed E-state index contributed by atoms with van der Waals surface area (Å²) in [5.41, 5.74) is 4.03. The van der Waals surface area contributed by atoms with Crippen LogP contribution in [0.1, 0.15) is 23.5 Å². The molecule has 1 saturated heterocycles. The van der Waals surface area contributed by atoms with Crippen LogP contribution in [0.25, 0.3) is 11.3 Å². The van der Waals surface area contributed by atoms with Crippen LogP contribution in [-0.2, 0) is 6.54 Å². The van der Waals surface area contributed by atoms with Crippen molar-refractivity contribution in [2.75, 3.05) is 13.1 Å². The predicted molar refractivity (Wildman–Crippen MR) is 99.3 cm³/mol. The van der Waals surface area contributed by atoms with E-state index in [1.54, 1.807) is 18.5 Å². The van der Waals surface area contributed by atoms with Gasteiger partial charge in [-0.2, -0.15) is 0 Å². The molecule has 2 aromatic heterocycles. The fraction of sp³-hybridized carbons (Fsp3) is 0.250. The van der Waals surface area contributed by atoms with E-state index in [1.807, 2.05) is 18.6 Å². The topological polar surface area (TPSA) is 41.9 Å². The summed E-state index contributed by atoms with van der Waals surface area (Å²) in [7, 11) is 0. The van der Waals surface area contributed by atoms with Crippen LogP contribution in [-0.4, -0.2) is 32.9 Å². The van der Waals surface area contributed by atoms with E-state index in [9.17, 15) is 4.39 Å². The van der Waals surface area contributed by atoms with Crippen molar-refractivity contribution >= 4 is 11.6 Å². The maximum absolute atomic E-state index is 13.4. The van der Waals surface area contributed by atoms with Crippen molar-refractivity contribution in [3.63, 3.8) is 0 Å². The summed E-state index contributed by atoms with van der Waals surface area (Å²) in [6.45, 7) is 2.89. The Morgan fingerprint density at radius 2 is 2.00 bits per heavy atom. The first-order valence-corrected chi connectivity index (χ1v) is 8.94. The Hall–Kier alpha value is -2.37. The van der Waals surface area contributed by atoms with Crippen molar-refractivity contribution in [1.29, 1.82) is 0 Å². The van der Waals surface area contributed by atoms with E-state index in [0.717, 1.165) is 42.9 Å². The summed E-state index contributed by atoms with van der Waals surface area (Å²) < 4.78 is 13.4. The Kier molecular flexibility index (Phi) is 4.91. The molecule has 6 heteroatoms.